The van der Waals surface area contributed by atoms with Crippen LogP contribution in [0, 0.1) is 0 Å². The normalized spacial score (nSPS) is 16.0. The average Bonchev–Trinajstić information content (AvgIpc) is 3.38. The summed E-state index contributed by atoms with van der Waals surface area (Å²) >= 11 is 0. The maximum Gasteiger partial charge on any atom is 0.155 e. The third-order valence-corrected chi connectivity index (χ3v) is 5.08. The zero-order valence-electron chi connectivity index (χ0n) is 15.3. The number of hydrogen-bond donors (Lipinski definition) is 0. The van der Waals surface area contributed by atoms with E-state index in [1.165, 1.54) is 18.4 Å². The molecule has 0 radical (unpaired) electrons. The summed E-state index contributed by atoms with van der Waals surface area (Å²) in [5, 5.41) is 4.80. The van der Waals surface area contributed by atoms with E-state index in [1.807, 2.05) is 35.1 Å². The Morgan fingerprint density at radius 2 is 1.73 bits per heavy atom. The van der Waals surface area contributed by atoms with E-state index >= 15 is 0 Å². The Balaban J connectivity index is 1.61. The minimum absolute atomic E-state index is 0.248. The van der Waals surface area contributed by atoms with Gasteiger partial charge in [0.05, 0.1) is 6.04 Å². The van der Waals surface area contributed by atoms with Crippen LogP contribution in [0.2, 0.25) is 0 Å². The number of hydrogen-bond acceptors (Lipinski definition) is 4. The number of nitrogens with zero attached hydrogens (tertiary/aromatic N) is 5. The van der Waals surface area contributed by atoms with Crippen molar-refractivity contribution < 1.29 is 0 Å². The summed E-state index contributed by atoms with van der Waals surface area (Å²) in [6.07, 6.45) is 6.13. The predicted octanol–water partition coefficient (Wildman–Crippen LogP) is 3.60. The molecule has 0 saturated carbocycles. The average molecular weight is 347 g/mol. The first-order chi connectivity index (χ1) is 12.8. The molecule has 134 valence electrons. The number of rotatable bonds is 6. The summed E-state index contributed by atoms with van der Waals surface area (Å²) in [5.41, 5.74) is 1.32. The van der Waals surface area contributed by atoms with Crippen LogP contribution in [0.4, 0.5) is 0 Å². The van der Waals surface area contributed by atoms with Crippen molar-refractivity contribution in [2.75, 3.05) is 13.1 Å². The Labute approximate surface area is 154 Å². The Morgan fingerprint density at radius 1 is 0.962 bits per heavy atom. The summed E-state index contributed by atoms with van der Waals surface area (Å²) in [6, 6.07) is 16.7. The molecule has 0 aliphatic carbocycles. The monoisotopic (exact) mass is 347 g/mol. The first-order valence-corrected chi connectivity index (χ1v) is 9.46. The van der Waals surface area contributed by atoms with E-state index in [-0.39, 0.29) is 6.04 Å². The molecule has 4 rings (SSSR count). The Morgan fingerprint density at radius 3 is 2.46 bits per heavy atom. The quantitative estimate of drug-likeness (QED) is 0.683. The van der Waals surface area contributed by atoms with Gasteiger partial charge in [0.1, 0.15) is 0 Å². The van der Waals surface area contributed by atoms with Crippen molar-refractivity contribution in [2.24, 2.45) is 0 Å². The lowest BCUT2D eigenvalue weighted by Crippen LogP contribution is -2.26. The van der Waals surface area contributed by atoms with Gasteiger partial charge in [-0.05, 0) is 57.0 Å². The highest BCUT2D eigenvalue weighted by atomic mass is 15.4. The standard InChI is InChI=1S/C21H25N5/c1-17(25-15-7-8-16-25)21-23-19(13-12-18-9-3-2-4-10-18)24-26(21)20-11-5-6-14-22-20/h2-6,9-11,14,17H,7-8,12-13,15-16H2,1H3/t17-/m0/s1. The second kappa shape index (κ2) is 7.79. The Bertz CT molecular complexity index is 822. The molecule has 0 N–H and O–H groups in total. The summed E-state index contributed by atoms with van der Waals surface area (Å²) in [4.78, 5) is 11.9. The largest absolute Gasteiger partial charge is 0.294 e. The molecule has 0 spiro atoms. The van der Waals surface area contributed by atoms with Gasteiger partial charge in [0.25, 0.3) is 0 Å². The van der Waals surface area contributed by atoms with E-state index in [4.69, 9.17) is 10.1 Å². The van der Waals surface area contributed by atoms with Crippen molar-refractivity contribution in [3.05, 3.63) is 71.9 Å². The van der Waals surface area contributed by atoms with Crippen LogP contribution >= 0.6 is 0 Å². The topological polar surface area (TPSA) is 46.8 Å². The first kappa shape index (κ1) is 16.9. The number of pyridine rings is 1. The summed E-state index contributed by atoms with van der Waals surface area (Å²) in [7, 11) is 0. The number of aryl methyl sites for hydroxylation is 2. The highest BCUT2D eigenvalue weighted by Gasteiger charge is 2.25. The molecule has 1 fully saturated rings. The fourth-order valence-electron chi connectivity index (χ4n) is 3.59. The lowest BCUT2D eigenvalue weighted by atomic mass is 10.1. The van der Waals surface area contributed by atoms with Crippen molar-refractivity contribution in [1.82, 2.24) is 24.6 Å². The molecule has 3 heterocycles. The van der Waals surface area contributed by atoms with Gasteiger partial charge >= 0.3 is 0 Å². The third kappa shape index (κ3) is 3.68. The maximum absolute atomic E-state index is 4.92. The highest BCUT2D eigenvalue weighted by molar-refractivity contribution is 5.23. The minimum Gasteiger partial charge on any atom is -0.294 e. The zero-order valence-corrected chi connectivity index (χ0v) is 15.3. The number of likely N-dealkylation sites (tertiary alicyclic amines) is 1. The molecule has 0 bridgehead atoms. The van der Waals surface area contributed by atoms with Crippen LogP contribution in [0.1, 0.15) is 43.0 Å². The Kier molecular flexibility index (Phi) is 5.07. The van der Waals surface area contributed by atoms with Gasteiger partial charge in [0.15, 0.2) is 17.5 Å². The van der Waals surface area contributed by atoms with Crippen molar-refractivity contribution in [3.63, 3.8) is 0 Å². The molecule has 3 aromatic rings. The van der Waals surface area contributed by atoms with Gasteiger partial charge in [-0.1, -0.05) is 36.4 Å². The SMILES string of the molecule is C[C@@H](c1nc(CCc2ccccc2)nn1-c1ccccn1)N1CCCC1. The molecule has 0 amide bonds. The van der Waals surface area contributed by atoms with Crippen molar-refractivity contribution >= 4 is 0 Å². The molecule has 1 aliphatic rings. The van der Waals surface area contributed by atoms with Crippen molar-refractivity contribution in [3.8, 4) is 5.82 Å². The summed E-state index contributed by atoms with van der Waals surface area (Å²) < 4.78 is 1.93. The van der Waals surface area contributed by atoms with Gasteiger partial charge in [0, 0.05) is 12.6 Å². The number of aromatic nitrogens is 4. The lowest BCUT2D eigenvalue weighted by molar-refractivity contribution is 0.250. The molecule has 1 atom stereocenters. The van der Waals surface area contributed by atoms with Gasteiger partial charge in [-0.15, -0.1) is 5.10 Å². The van der Waals surface area contributed by atoms with E-state index in [2.05, 4.69) is 41.1 Å². The minimum atomic E-state index is 0.248. The van der Waals surface area contributed by atoms with Crippen LogP contribution in [-0.2, 0) is 12.8 Å². The van der Waals surface area contributed by atoms with Crippen LogP contribution in [0.5, 0.6) is 0 Å². The highest BCUT2D eigenvalue weighted by Crippen LogP contribution is 2.25. The van der Waals surface area contributed by atoms with Crippen molar-refractivity contribution in [2.45, 2.75) is 38.6 Å². The molecule has 1 aromatic carbocycles. The van der Waals surface area contributed by atoms with Crippen LogP contribution in [0.3, 0.4) is 0 Å². The molecular formula is C21H25N5. The van der Waals surface area contributed by atoms with Crippen LogP contribution < -0.4 is 0 Å². The molecule has 1 saturated heterocycles. The second-order valence-electron chi connectivity index (χ2n) is 6.89. The summed E-state index contributed by atoms with van der Waals surface area (Å²) in [6.45, 7) is 4.50. The van der Waals surface area contributed by atoms with Gasteiger partial charge in [0.2, 0.25) is 0 Å². The fourth-order valence-corrected chi connectivity index (χ4v) is 3.59. The molecule has 1 aliphatic heterocycles. The van der Waals surface area contributed by atoms with Gasteiger partial charge in [-0.25, -0.2) is 9.97 Å². The second-order valence-corrected chi connectivity index (χ2v) is 6.89. The van der Waals surface area contributed by atoms with E-state index in [9.17, 15) is 0 Å². The van der Waals surface area contributed by atoms with Crippen molar-refractivity contribution in [1.29, 1.82) is 0 Å². The van der Waals surface area contributed by atoms with Gasteiger partial charge in [-0.3, -0.25) is 4.90 Å². The molecule has 5 nitrogen and oxygen atoms in total. The Hall–Kier alpha value is -2.53. The lowest BCUT2D eigenvalue weighted by Gasteiger charge is -2.22. The molecule has 5 heteroatoms. The maximum atomic E-state index is 4.92. The molecule has 26 heavy (non-hydrogen) atoms. The summed E-state index contributed by atoms with van der Waals surface area (Å²) in [5.74, 6) is 2.72. The first-order valence-electron chi connectivity index (χ1n) is 9.46. The molecule has 0 unspecified atom stereocenters. The van der Waals surface area contributed by atoms with Gasteiger partial charge in [-0.2, -0.15) is 4.68 Å². The molecular weight excluding hydrogens is 322 g/mol. The van der Waals surface area contributed by atoms with E-state index < -0.39 is 0 Å². The fraction of sp³-hybridized carbons (Fsp3) is 0.381. The third-order valence-electron chi connectivity index (χ3n) is 5.08. The van der Waals surface area contributed by atoms with E-state index in [0.717, 1.165) is 43.4 Å². The van der Waals surface area contributed by atoms with E-state index in [1.54, 1.807) is 0 Å². The van der Waals surface area contributed by atoms with E-state index in [0.29, 0.717) is 0 Å². The van der Waals surface area contributed by atoms with Crippen LogP contribution in [0.15, 0.2) is 54.7 Å². The smallest absolute Gasteiger partial charge is 0.155 e. The van der Waals surface area contributed by atoms with Gasteiger partial charge < -0.3 is 0 Å². The van der Waals surface area contributed by atoms with Crippen LogP contribution in [0.25, 0.3) is 5.82 Å². The number of benzene rings is 1. The predicted molar refractivity (Wildman–Crippen MR) is 102 cm³/mol. The molecule has 2 aromatic heterocycles. The zero-order chi connectivity index (χ0) is 17.8. The van der Waals surface area contributed by atoms with Crippen LogP contribution in [-0.4, -0.2) is 37.7 Å².